The molecule has 1 aromatic carbocycles. The molecule has 0 amide bonds. The van der Waals surface area contributed by atoms with Crippen molar-refractivity contribution in [1.82, 2.24) is 0 Å². The zero-order valence-electron chi connectivity index (χ0n) is 8.61. The van der Waals surface area contributed by atoms with Gasteiger partial charge in [-0.3, -0.25) is 0 Å². The standard InChI is InChI=1S/C13H16N/c1-12(2)9-10-14(3)11-13-7-5-4-6-8-13/h4-10H,1,3,11H2,2H3/q+1. The van der Waals surface area contributed by atoms with Crippen molar-refractivity contribution >= 4 is 6.72 Å². The molecule has 0 heterocycles. The first-order chi connectivity index (χ1) is 6.68. The van der Waals surface area contributed by atoms with E-state index in [1.165, 1.54) is 5.56 Å². The highest BCUT2D eigenvalue weighted by Gasteiger charge is 1.97. The van der Waals surface area contributed by atoms with Crippen molar-refractivity contribution in [2.45, 2.75) is 13.5 Å². The van der Waals surface area contributed by atoms with Crippen molar-refractivity contribution in [3.05, 3.63) is 60.3 Å². The fourth-order valence-electron chi connectivity index (χ4n) is 1.10. The first kappa shape index (κ1) is 10.5. The van der Waals surface area contributed by atoms with Crippen LogP contribution in [-0.2, 0) is 6.54 Å². The topological polar surface area (TPSA) is 3.01 Å². The summed E-state index contributed by atoms with van der Waals surface area (Å²) >= 11 is 0. The number of allylic oxidation sites excluding steroid dienone is 2. The van der Waals surface area contributed by atoms with Crippen LogP contribution >= 0.6 is 0 Å². The fraction of sp³-hybridized carbons (Fsp3) is 0.154. The Morgan fingerprint density at radius 2 is 2.00 bits per heavy atom. The minimum absolute atomic E-state index is 0.824. The SMILES string of the molecule is C=C(C)C=C[N+](=C)Cc1ccccc1. The molecule has 72 valence electrons. The molecule has 0 aliphatic carbocycles. The highest BCUT2D eigenvalue weighted by molar-refractivity contribution is 5.19. The normalized spacial score (nSPS) is 10.4. The zero-order chi connectivity index (χ0) is 10.4. The van der Waals surface area contributed by atoms with Gasteiger partial charge in [-0.05, 0) is 6.92 Å². The van der Waals surface area contributed by atoms with E-state index >= 15 is 0 Å². The highest BCUT2D eigenvalue weighted by Crippen LogP contribution is 2.00. The molecule has 0 saturated carbocycles. The molecule has 1 nitrogen and oxygen atoms in total. The molecule has 0 atom stereocenters. The molecule has 0 aliphatic heterocycles. The van der Waals surface area contributed by atoms with Gasteiger partial charge in [0, 0.05) is 11.6 Å². The first-order valence-corrected chi connectivity index (χ1v) is 4.63. The van der Waals surface area contributed by atoms with Crippen molar-refractivity contribution in [3.8, 4) is 0 Å². The molecule has 0 bridgehead atoms. The Morgan fingerprint density at radius 1 is 1.36 bits per heavy atom. The van der Waals surface area contributed by atoms with Crippen molar-refractivity contribution in [2.24, 2.45) is 0 Å². The molecular weight excluding hydrogens is 170 g/mol. The second-order valence-corrected chi connectivity index (χ2v) is 3.39. The van der Waals surface area contributed by atoms with Gasteiger partial charge in [0.2, 0.25) is 0 Å². The maximum atomic E-state index is 3.91. The summed E-state index contributed by atoms with van der Waals surface area (Å²) in [7, 11) is 0. The molecule has 0 unspecified atom stereocenters. The van der Waals surface area contributed by atoms with Crippen LogP contribution in [0.5, 0.6) is 0 Å². The Morgan fingerprint density at radius 3 is 2.57 bits per heavy atom. The molecule has 0 saturated heterocycles. The number of benzene rings is 1. The van der Waals surface area contributed by atoms with Crippen LogP contribution in [0.4, 0.5) is 0 Å². The van der Waals surface area contributed by atoms with Gasteiger partial charge in [0.05, 0.1) is 0 Å². The Hall–Kier alpha value is -1.63. The largest absolute Gasteiger partial charge is 0.207 e. The van der Waals surface area contributed by atoms with Crippen LogP contribution in [0.15, 0.2) is 54.8 Å². The molecule has 1 rings (SSSR count). The molecule has 0 N–H and O–H groups in total. The van der Waals surface area contributed by atoms with Gasteiger partial charge in [0.1, 0.15) is 6.72 Å². The predicted octanol–water partition coefficient (Wildman–Crippen LogP) is 2.99. The van der Waals surface area contributed by atoms with E-state index in [0.717, 1.165) is 12.1 Å². The molecule has 0 fully saturated rings. The van der Waals surface area contributed by atoms with E-state index in [9.17, 15) is 0 Å². The predicted molar refractivity (Wildman–Crippen MR) is 61.5 cm³/mol. The minimum atomic E-state index is 0.824. The van der Waals surface area contributed by atoms with Crippen LogP contribution in [0.1, 0.15) is 12.5 Å². The van der Waals surface area contributed by atoms with Crippen LogP contribution in [0, 0.1) is 0 Å². The van der Waals surface area contributed by atoms with Crippen molar-refractivity contribution in [3.63, 3.8) is 0 Å². The monoisotopic (exact) mass is 186 g/mol. The van der Waals surface area contributed by atoms with Gasteiger partial charge in [-0.15, -0.1) is 0 Å². The lowest BCUT2D eigenvalue weighted by molar-refractivity contribution is -0.465. The van der Waals surface area contributed by atoms with Crippen LogP contribution in [0.2, 0.25) is 0 Å². The maximum absolute atomic E-state index is 3.91. The van der Waals surface area contributed by atoms with E-state index in [-0.39, 0.29) is 0 Å². The van der Waals surface area contributed by atoms with E-state index in [0.29, 0.717) is 0 Å². The quantitative estimate of drug-likeness (QED) is 0.386. The summed E-state index contributed by atoms with van der Waals surface area (Å²) in [5, 5.41) is 0. The van der Waals surface area contributed by atoms with Crippen LogP contribution < -0.4 is 0 Å². The number of hydrogen-bond donors (Lipinski definition) is 0. The van der Waals surface area contributed by atoms with E-state index < -0.39 is 0 Å². The second kappa shape index (κ2) is 5.18. The van der Waals surface area contributed by atoms with Crippen LogP contribution in [0.25, 0.3) is 0 Å². The van der Waals surface area contributed by atoms with E-state index in [1.807, 2.05) is 42.0 Å². The summed E-state index contributed by atoms with van der Waals surface area (Å²) in [6.07, 6.45) is 3.89. The third kappa shape index (κ3) is 3.85. The van der Waals surface area contributed by atoms with E-state index in [2.05, 4.69) is 25.4 Å². The second-order valence-electron chi connectivity index (χ2n) is 3.39. The first-order valence-electron chi connectivity index (χ1n) is 4.63. The number of hydrogen-bond acceptors (Lipinski definition) is 0. The lowest BCUT2D eigenvalue weighted by Gasteiger charge is -1.95. The van der Waals surface area contributed by atoms with Crippen molar-refractivity contribution in [1.29, 1.82) is 0 Å². The summed E-state index contributed by atoms with van der Waals surface area (Å²) in [5.74, 6) is 0. The molecule has 0 spiro atoms. The smallest absolute Gasteiger partial charge is 0.173 e. The molecule has 1 aromatic rings. The molecule has 0 aromatic heterocycles. The third-order valence-corrected chi connectivity index (χ3v) is 1.80. The van der Waals surface area contributed by atoms with Crippen molar-refractivity contribution in [2.75, 3.05) is 0 Å². The number of rotatable bonds is 4. The molecule has 0 radical (unpaired) electrons. The molecule has 1 heteroatoms. The summed E-state index contributed by atoms with van der Waals surface area (Å²) in [4.78, 5) is 0. The van der Waals surface area contributed by atoms with Gasteiger partial charge < -0.3 is 0 Å². The Bertz CT molecular complexity index is 347. The number of nitrogens with zero attached hydrogens (tertiary/aromatic N) is 1. The zero-order valence-corrected chi connectivity index (χ0v) is 8.61. The van der Waals surface area contributed by atoms with Gasteiger partial charge in [-0.25, -0.2) is 4.58 Å². The summed E-state index contributed by atoms with van der Waals surface area (Å²) < 4.78 is 1.89. The molecular formula is C13H16N+. The van der Waals surface area contributed by atoms with Gasteiger partial charge in [0.15, 0.2) is 12.7 Å². The maximum Gasteiger partial charge on any atom is 0.173 e. The third-order valence-electron chi connectivity index (χ3n) is 1.80. The summed E-state index contributed by atoms with van der Waals surface area (Å²) in [6.45, 7) is 10.5. The van der Waals surface area contributed by atoms with E-state index in [4.69, 9.17) is 0 Å². The summed E-state index contributed by atoms with van der Waals surface area (Å²) in [5.41, 5.74) is 2.29. The molecule has 14 heavy (non-hydrogen) atoms. The Balaban J connectivity index is 2.54. The average molecular weight is 186 g/mol. The molecule has 0 aliphatic rings. The minimum Gasteiger partial charge on any atom is -0.207 e. The lowest BCUT2D eigenvalue weighted by Crippen LogP contribution is -2.00. The fourth-order valence-corrected chi connectivity index (χ4v) is 1.10. The van der Waals surface area contributed by atoms with Gasteiger partial charge in [-0.1, -0.05) is 42.5 Å². The Labute approximate surface area is 85.7 Å². The van der Waals surface area contributed by atoms with Crippen LogP contribution in [-0.4, -0.2) is 11.3 Å². The van der Waals surface area contributed by atoms with E-state index in [1.54, 1.807) is 0 Å². The highest BCUT2D eigenvalue weighted by atomic mass is 14.9. The van der Waals surface area contributed by atoms with Gasteiger partial charge in [0.25, 0.3) is 0 Å². The van der Waals surface area contributed by atoms with Gasteiger partial charge in [-0.2, -0.15) is 0 Å². The van der Waals surface area contributed by atoms with Gasteiger partial charge >= 0.3 is 0 Å². The average Bonchev–Trinajstić information content (AvgIpc) is 2.16. The van der Waals surface area contributed by atoms with Crippen molar-refractivity contribution < 1.29 is 4.58 Å². The summed E-state index contributed by atoms with van der Waals surface area (Å²) in [6, 6.07) is 10.3. The Kier molecular flexibility index (Phi) is 3.86. The lowest BCUT2D eigenvalue weighted by atomic mass is 10.2. The van der Waals surface area contributed by atoms with Crippen LogP contribution in [0.3, 0.4) is 0 Å².